The van der Waals surface area contributed by atoms with E-state index in [9.17, 15) is 0 Å². The van der Waals surface area contributed by atoms with Crippen molar-refractivity contribution >= 4 is 0 Å². The zero-order valence-corrected chi connectivity index (χ0v) is 12.2. The quantitative estimate of drug-likeness (QED) is 0.903. The lowest BCUT2D eigenvalue weighted by Crippen LogP contribution is -2.08. The molecule has 0 heterocycles. The zero-order chi connectivity index (χ0) is 14.5. The molecule has 0 spiro atoms. The summed E-state index contributed by atoms with van der Waals surface area (Å²) in [5.41, 5.74) is 9.33. The van der Waals surface area contributed by atoms with E-state index >= 15 is 0 Å². The van der Waals surface area contributed by atoms with Crippen molar-refractivity contribution in [2.24, 2.45) is 5.73 Å². The Morgan fingerprint density at radius 3 is 2.60 bits per heavy atom. The molecule has 106 valence electrons. The maximum absolute atomic E-state index is 5.98. The third-order valence-electron chi connectivity index (χ3n) is 3.19. The standard InChI is InChI=1S/C17H21NO2/c1-12-5-4-6-14(9-12)11-20-17-10-15(19-3)7-8-16(17)13(2)18/h4-10,13H,11,18H2,1-3H3/t13-/m0/s1. The molecule has 0 aliphatic carbocycles. The summed E-state index contributed by atoms with van der Waals surface area (Å²) >= 11 is 0. The van der Waals surface area contributed by atoms with Gasteiger partial charge >= 0.3 is 0 Å². The molecule has 0 saturated carbocycles. The molecule has 3 heteroatoms. The molecule has 2 aromatic rings. The summed E-state index contributed by atoms with van der Waals surface area (Å²) in [4.78, 5) is 0. The van der Waals surface area contributed by atoms with E-state index in [1.54, 1.807) is 7.11 Å². The number of rotatable bonds is 5. The summed E-state index contributed by atoms with van der Waals surface area (Å²) in [6.45, 7) is 4.54. The fraction of sp³-hybridized carbons (Fsp3) is 0.294. The Morgan fingerprint density at radius 1 is 1.15 bits per heavy atom. The predicted molar refractivity (Wildman–Crippen MR) is 81.1 cm³/mol. The van der Waals surface area contributed by atoms with E-state index in [1.807, 2.05) is 31.2 Å². The van der Waals surface area contributed by atoms with Crippen molar-refractivity contribution in [1.29, 1.82) is 0 Å². The predicted octanol–water partition coefficient (Wildman–Crippen LogP) is 3.60. The van der Waals surface area contributed by atoms with Gasteiger partial charge in [-0.05, 0) is 25.5 Å². The Balaban J connectivity index is 2.19. The summed E-state index contributed by atoms with van der Waals surface area (Å²) in [5, 5.41) is 0. The van der Waals surface area contributed by atoms with Gasteiger partial charge in [0.25, 0.3) is 0 Å². The first-order chi connectivity index (χ1) is 9.60. The summed E-state index contributed by atoms with van der Waals surface area (Å²) in [7, 11) is 1.64. The topological polar surface area (TPSA) is 44.5 Å². The second-order valence-corrected chi connectivity index (χ2v) is 4.97. The van der Waals surface area contributed by atoms with Crippen molar-refractivity contribution in [3.05, 3.63) is 59.2 Å². The highest BCUT2D eigenvalue weighted by Crippen LogP contribution is 2.29. The van der Waals surface area contributed by atoms with Gasteiger partial charge in [-0.1, -0.05) is 35.9 Å². The van der Waals surface area contributed by atoms with Crippen LogP contribution in [0.15, 0.2) is 42.5 Å². The van der Waals surface area contributed by atoms with E-state index in [1.165, 1.54) is 5.56 Å². The van der Waals surface area contributed by atoms with E-state index in [0.717, 1.165) is 22.6 Å². The second kappa shape index (κ2) is 6.44. The third-order valence-corrected chi connectivity index (χ3v) is 3.19. The highest BCUT2D eigenvalue weighted by atomic mass is 16.5. The fourth-order valence-electron chi connectivity index (χ4n) is 2.11. The second-order valence-electron chi connectivity index (χ2n) is 4.97. The molecule has 2 N–H and O–H groups in total. The maximum Gasteiger partial charge on any atom is 0.128 e. The molecule has 0 amide bonds. The van der Waals surface area contributed by atoms with Gasteiger partial charge in [-0.3, -0.25) is 0 Å². The van der Waals surface area contributed by atoms with E-state index in [4.69, 9.17) is 15.2 Å². The molecule has 2 rings (SSSR count). The lowest BCUT2D eigenvalue weighted by molar-refractivity contribution is 0.299. The minimum atomic E-state index is -0.0755. The van der Waals surface area contributed by atoms with Gasteiger partial charge in [0.15, 0.2) is 0 Å². The van der Waals surface area contributed by atoms with E-state index in [0.29, 0.717) is 6.61 Å². The number of methoxy groups -OCH3 is 1. The summed E-state index contributed by atoms with van der Waals surface area (Å²) < 4.78 is 11.2. The van der Waals surface area contributed by atoms with Gasteiger partial charge in [-0.25, -0.2) is 0 Å². The molecular formula is C17H21NO2. The number of nitrogens with two attached hydrogens (primary N) is 1. The molecule has 0 bridgehead atoms. The summed E-state index contributed by atoms with van der Waals surface area (Å²) in [6, 6.07) is 13.9. The van der Waals surface area contributed by atoms with Crippen LogP contribution in [0.25, 0.3) is 0 Å². The molecule has 3 nitrogen and oxygen atoms in total. The van der Waals surface area contributed by atoms with E-state index in [-0.39, 0.29) is 6.04 Å². The van der Waals surface area contributed by atoms with Crippen LogP contribution in [0.1, 0.15) is 29.7 Å². The minimum Gasteiger partial charge on any atom is -0.497 e. The fourth-order valence-corrected chi connectivity index (χ4v) is 2.11. The average molecular weight is 271 g/mol. The van der Waals surface area contributed by atoms with Crippen LogP contribution in [0, 0.1) is 6.92 Å². The number of ether oxygens (including phenoxy) is 2. The van der Waals surface area contributed by atoms with Gasteiger partial charge in [-0.2, -0.15) is 0 Å². The first-order valence-corrected chi connectivity index (χ1v) is 6.72. The van der Waals surface area contributed by atoms with E-state index < -0.39 is 0 Å². The van der Waals surface area contributed by atoms with Crippen LogP contribution in [0.5, 0.6) is 11.5 Å². The number of aryl methyl sites for hydroxylation is 1. The Morgan fingerprint density at radius 2 is 1.95 bits per heavy atom. The normalized spacial score (nSPS) is 12.0. The Hall–Kier alpha value is -2.00. The lowest BCUT2D eigenvalue weighted by atomic mass is 10.1. The van der Waals surface area contributed by atoms with Crippen molar-refractivity contribution in [1.82, 2.24) is 0 Å². The van der Waals surface area contributed by atoms with Gasteiger partial charge in [0.1, 0.15) is 18.1 Å². The summed E-state index contributed by atoms with van der Waals surface area (Å²) in [5.74, 6) is 1.55. The molecule has 20 heavy (non-hydrogen) atoms. The zero-order valence-electron chi connectivity index (χ0n) is 12.2. The molecule has 1 atom stereocenters. The first-order valence-electron chi connectivity index (χ1n) is 6.72. The van der Waals surface area contributed by atoms with Crippen LogP contribution in [-0.2, 0) is 6.61 Å². The molecule has 0 aliphatic rings. The van der Waals surface area contributed by atoms with Gasteiger partial charge in [0, 0.05) is 17.7 Å². The molecular weight excluding hydrogens is 250 g/mol. The van der Waals surface area contributed by atoms with Crippen molar-refractivity contribution in [3.8, 4) is 11.5 Å². The highest BCUT2D eigenvalue weighted by molar-refractivity contribution is 5.42. The van der Waals surface area contributed by atoms with Crippen LogP contribution in [0.4, 0.5) is 0 Å². The van der Waals surface area contributed by atoms with Crippen LogP contribution >= 0.6 is 0 Å². The Labute approximate surface area is 120 Å². The van der Waals surface area contributed by atoms with Crippen molar-refractivity contribution in [2.45, 2.75) is 26.5 Å². The first kappa shape index (κ1) is 14.4. The van der Waals surface area contributed by atoms with Gasteiger partial charge < -0.3 is 15.2 Å². The third kappa shape index (κ3) is 3.52. The minimum absolute atomic E-state index is 0.0755. The van der Waals surface area contributed by atoms with Gasteiger partial charge in [-0.15, -0.1) is 0 Å². The molecule has 0 aliphatic heterocycles. The van der Waals surface area contributed by atoms with E-state index in [2.05, 4.69) is 25.1 Å². The number of benzene rings is 2. The highest BCUT2D eigenvalue weighted by Gasteiger charge is 2.10. The van der Waals surface area contributed by atoms with Crippen LogP contribution in [0.2, 0.25) is 0 Å². The van der Waals surface area contributed by atoms with Crippen molar-refractivity contribution in [2.75, 3.05) is 7.11 Å². The van der Waals surface area contributed by atoms with Gasteiger partial charge in [0.05, 0.1) is 7.11 Å². The van der Waals surface area contributed by atoms with Crippen LogP contribution < -0.4 is 15.2 Å². The number of hydrogen-bond donors (Lipinski definition) is 1. The van der Waals surface area contributed by atoms with Gasteiger partial charge in [0.2, 0.25) is 0 Å². The van der Waals surface area contributed by atoms with Crippen molar-refractivity contribution < 1.29 is 9.47 Å². The van der Waals surface area contributed by atoms with Crippen molar-refractivity contribution in [3.63, 3.8) is 0 Å². The molecule has 0 saturated heterocycles. The molecule has 2 aromatic carbocycles. The molecule has 0 fully saturated rings. The smallest absolute Gasteiger partial charge is 0.128 e. The Kier molecular flexibility index (Phi) is 4.64. The molecule has 0 aromatic heterocycles. The average Bonchev–Trinajstić information content (AvgIpc) is 2.44. The molecule has 0 unspecified atom stereocenters. The largest absolute Gasteiger partial charge is 0.497 e. The SMILES string of the molecule is COc1ccc([C@H](C)N)c(OCc2cccc(C)c2)c1. The van der Waals surface area contributed by atoms with Crippen LogP contribution in [0.3, 0.4) is 0 Å². The Bertz CT molecular complexity index is 579. The lowest BCUT2D eigenvalue weighted by Gasteiger charge is -2.15. The maximum atomic E-state index is 5.98. The molecule has 0 radical (unpaired) electrons. The monoisotopic (exact) mass is 271 g/mol. The number of hydrogen-bond acceptors (Lipinski definition) is 3. The van der Waals surface area contributed by atoms with Crippen LogP contribution in [-0.4, -0.2) is 7.11 Å². The summed E-state index contributed by atoms with van der Waals surface area (Å²) in [6.07, 6.45) is 0.